The molecule has 0 aliphatic carbocycles. The maximum absolute atomic E-state index is 13.3. The van der Waals surface area contributed by atoms with Gasteiger partial charge in [0.15, 0.2) is 0 Å². The monoisotopic (exact) mass is 443 g/mol. The molecular formula is C21H25N5O4S. The zero-order chi connectivity index (χ0) is 22.7. The Morgan fingerprint density at radius 1 is 1.23 bits per heavy atom. The fourth-order valence-electron chi connectivity index (χ4n) is 3.31. The van der Waals surface area contributed by atoms with Gasteiger partial charge < -0.3 is 5.32 Å². The van der Waals surface area contributed by atoms with Gasteiger partial charge in [0.2, 0.25) is 5.91 Å². The average Bonchev–Trinajstić information content (AvgIpc) is 3.02. The van der Waals surface area contributed by atoms with E-state index in [4.69, 9.17) is 4.98 Å². The van der Waals surface area contributed by atoms with E-state index >= 15 is 0 Å². The van der Waals surface area contributed by atoms with Gasteiger partial charge in [-0.2, -0.15) is 0 Å². The Bertz CT molecular complexity index is 1180. The first-order chi connectivity index (χ1) is 14.7. The molecule has 0 aliphatic heterocycles. The number of nitrogens with zero attached hydrogens (tertiary/aromatic N) is 4. The molecule has 9 nitrogen and oxygen atoms in total. The zero-order valence-corrected chi connectivity index (χ0v) is 18.8. The second-order valence-electron chi connectivity index (χ2n) is 7.20. The van der Waals surface area contributed by atoms with Crippen LogP contribution in [-0.2, 0) is 17.9 Å². The molecule has 0 atom stereocenters. The van der Waals surface area contributed by atoms with E-state index in [0.717, 1.165) is 23.5 Å². The van der Waals surface area contributed by atoms with Crippen molar-refractivity contribution in [1.29, 1.82) is 0 Å². The first-order valence-electron chi connectivity index (χ1n) is 10.0. The minimum absolute atomic E-state index is 0.0614. The van der Waals surface area contributed by atoms with Crippen molar-refractivity contribution in [2.45, 2.75) is 40.8 Å². The van der Waals surface area contributed by atoms with Crippen LogP contribution in [0.4, 0.5) is 11.4 Å². The minimum Gasteiger partial charge on any atom is -0.325 e. The van der Waals surface area contributed by atoms with Gasteiger partial charge in [-0.15, -0.1) is 11.3 Å². The van der Waals surface area contributed by atoms with Crippen molar-refractivity contribution >= 4 is 38.8 Å². The van der Waals surface area contributed by atoms with Crippen LogP contribution in [0, 0.1) is 24.0 Å². The summed E-state index contributed by atoms with van der Waals surface area (Å²) in [4.78, 5) is 44.9. The normalized spacial score (nSPS) is 11.3. The Morgan fingerprint density at radius 2 is 1.87 bits per heavy atom. The molecule has 1 amide bonds. The lowest BCUT2D eigenvalue weighted by Gasteiger charge is -2.20. The first kappa shape index (κ1) is 22.6. The minimum atomic E-state index is -0.503. The molecule has 2 aromatic heterocycles. The quantitative estimate of drug-likeness (QED) is 0.422. The molecule has 0 bridgehead atoms. The van der Waals surface area contributed by atoms with E-state index in [1.165, 1.54) is 40.2 Å². The summed E-state index contributed by atoms with van der Waals surface area (Å²) in [6.07, 6.45) is 0. The maximum atomic E-state index is 13.3. The number of carbonyl (C=O) groups is 1. The molecule has 3 aromatic rings. The van der Waals surface area contributed by atoms with Crippen LogP contribution in [0.5, 0.6) is 0 Å². The van der Waals surface area contributed by atoms with Gasteiger partial charge in [0.05, 0.1) is 16.9 Å². The summed E-state index contributed by atoms with van der Waals surface area (Å²) in [7, 11) is 0. The highest BCUT2D eigenvalue weighted by Crippen LogP contribution is 2.26. The van der Waals surface area contributed by atoms with Gasteiger partial charge in [-0.1, -0.05) is 13.8 Å². The van der Waals surface area contributed by atoms with E-state index in [1.54, 1.807) is 0 Å². The van der Waals surface area contributed by atoms with Gasteiger partial charge in [0, 0.05) is 22.7 Å². The summed E-state index contributed by atoms with van der Waals surface area (Å²) in [5.41, 5.74) is 1.02. The third-order valence-corrected chi connectivity index (χ3v) is 6.39. The summed E-state index contributed by atoms with van der Waals surface area (Å²) in [6, 6.07) is 5.56. The number of thiophene rings is 1. The fourth-order valence-corrected chi connectivity index (χ4v) is 4.35. The van der Waals surface area contributed by atoms with Crippen LogP contribution >= 0.6 is 11.3 Å². The van der Waals surface area contributed by atoms with E-state index in [-0.39, 0.29) is 17.8 Å². The Balaban J connectivity index is 1.95. The number of fused-ring (bicyclic) bond motifs is 1. The molecule has 0 saturated heterocycles. The van der Waals surface area contributed by atoms with Gasteiger partial charge in [-0.25, -0.2) is 4.98 Å². The van der Waals surface area contributed by atoms with Crippen LogP contribution < -0.4 is 10.9 Å². The number of aromatic nitrogens is 2. The van der Waals surface area contributed by atoms with Crippen LogP contribution in [0.15, 0.2) is 29.1 Å². The first-order valence-corrected chi connectivity index (χ1v) is 10.8. The number of nitrogens with one attached hydrogen (secondary N) is 1. The molecule has 164 valence electrons. The number of rotatable bonds is 8. The van der Waals surface area contributed by atoms with Crippen molar-refractivity contribution in [3.8, 4) is 0 Å². The molecule has 2 heterocycles. The van der Waals surface area contributed by atoms with E-state index in [9.17, 15) is 19.7 Å². The second-order valence-corrected chi connectivity index (χ2v) is 8.40. The SMILES string of the molecule is CCN(CC)Cc1nc2sc(C)c(C)c2c(=O)n1CC(=O)Nc1ccc([N+](=O)[O-])cc1. The number of nitro benzene ring substituents is 1. The Hall–Kier alpha value is -3.11. The smallest absolute Gasteiger partial charge is 0.269 e. The van der Waals surface area contributed by atoms with E-state index < -0.39 is 10.8 Å². The molecule has 1 aromatic carbocycles. The molecule has 31 heavy (non-hydrogen) atoms. The third kappa shape index (κ3) is 4.80. The molecule has 0 radical (unpaired) electrons. The molecule has 0 spiro atoms. The van der Waals surface area contributed by atoms with Gasteiger partial charge in [0.1, 0.15) is 17.2 Å². The van der Waals surface area contributed by atoms with Crippen LogP contribution in [0.1, 0.15) is 30.1 Å². The molecular weight excluding hydrogens is 418 g/mol. The number of anilines is 1. The van der Waals surface area contributed by atoms with Crippen molar-refractivity contribution in [2.24, 2.45) is 0 Å². The summed E-state index contributed by atoms with van der Waals surface area (Å²) < 4.78 is 1.43. The van der Waals surface area contributed by atoms with Crippen molar-refractivity contribution in [3.63, 3.8) is 0 Å². The standard InChI is InChI=1S/C21H25N5O4S/c1-5-24(6-2)11-17-23-20-19(13(3)14(4)31-20)21(28)25(17)12-18(27)22-15-7-9-16(10-8-15)26(29)30/h7-10H,5-6,11-12H2,1-4H3,(H,22,27). The lowest BCUT2D eigenvalue weighted by atomic mass is 10.2. The Kier molecular flexibility index (Phi) is 6.81. The van der Waals surface area contributed by atoms with Gasteiger partial charge in [-0.3, -0.25) is 29.2 Å². The molecule has 0 fully saturated rings. The van der Waals surface area contributed by atoms with Gasteiger partial charge >= 0.3 is 0 Å². The van der Waals surface area contributed by atoms with Crippen molar-refractivity contribution in [2.75, 3.05) is 18.4 Å². The number of hydrogen-bond donors (Lipinski definition) is 1. The molecule has 0 unspecified atom stereocenters. The number of carbonyl (C=O) groups excluding carboxylic acids is 1. The Morgan fingerprint density at radius 3 is 2.45 bits per heavy atom. The van der Waals surface area contributed by atoms with Crippen LogP contribution in [0.3, 0.4) is 0 Å². The van der Waals surface area contributed by atoms with E-state index in [0.29, 0.717) is 28.3 Å². The van der Waals surface area contributed by atoms with Gasteiger partial charge in [0.25, 0.3) is 11.2 Å². The highest BCUT2D eigenvalue weighted by Gasteiger charge is 2.19. The maximum Gasteiger partial charge on any atom is 0.269 e. The number of non-ortho nitro benzene ring substituents is 1. The summed E-state index contributed by atoms with van der Waals surface area (Å²) >= 11 is 1.48. The number of nitro groups is 1. The van der Waals surface area contributed by atoms with Gasteiger partial charge in [-0.05, 0) is 44.6 Å². The van der Waals surface area contributed by atoms with E-state index in [2.05, 4.69) is 10.2 Å². The molecule has 10 heteroatoms. The predicted octanol–water partition coefficient (Wildman–Crippen LogP) is 3.46. The average molecular weight is 444 g/mol. The number of amides is 1. The van der Waals surface area contributed by atoms with Crippen LogP contribution in [0.25, 0.3) is 10.2 Å². The lowest BCUT2D eigenvalue weighted by Crippen LogP contribution is -2.34. The van der Waals surface area contributed by atoms with E-state index in [1.807, 2.05) is 27.7 Å². The third-order valence-electron chi connectivity index (χ3n) is 5.29. The number of benzene rings is 1. The summed E-state index contributed by atoms with van der Waals surface area (Å²) in [5.74, 6) is 0.142. The van der Waals surface area contributed by atoms with Crippen molar-refractivity contribution in [1.82, 2.24) is 14.5 Å². The highest BCUT2D eigenvalue weighted by molar-refractivity contribution is 7.18. The topological polar surface area (TPSA) is 110 Å². The fraction of sp³-hybridized carbons (Fsp3) is 0.381. The number of hydrogen-bond acceptors (Lipinski definition) is 7. The largest absolute Gasteiger partial charge is 0.325 e. The van der Waals surface area contributed by atoms with Crippen LogP contribution in [-0.4, -0.2) is 38.4 Å². The second kappa shape index (κ2) is 9.36. The summed E-state index contributed by atoms with van der Waals surface area (Å²) in [6.45, 7) is 9.77. The molecule has 1 N–H and O–H groups in total. The van der Waals surface area contributed by atoms with Crippen LogP contribution in [0.2, 0.25) is 0 Å². The zero-order valence-electron chi connectivity index (χ0n) is 18.0. The summed E-state index contributed by atoms with van der Waals surface area (Å²) in [5, 5.41) is 14.0. The van der Waals surface area contributed by atoms with Crippen molar-refractivity contribution in [3.05, 3.63) is 61.0 Å². The van der Waals surface area contributed by atoms with Crippen molar-refractivity contribution < 1.29 is 9.72 Å². The number of aryl methyl sites for hydroxylation is 2. The molecule has 3 rings (SSSR count). The highest BCUT2D eigenvalue weighted by atomic mass is 32.1. The lowest BCUT2D eigenvalue weighted by molar-refractivity contribution is -0.384. The molecule has 0 saturated carbocycles. The molecule has 0 aliphatic rings. The predicted molar refractivity (Wildman–Crippen MR) is 122 cm³/mol. The Labute approximate surface area is 183 Å².